The Morgan fingerprint density at radius 1 is 1.00 bits per heavy atom. The van der Waals surface area contributed by atoms with Crippen LogP contribution in [0.4, 0.5) is 5.69 Å². The van der Waals surface area contributed by atoms with Crippen LogP contribution in [0.2, 0.25) is 0 Å². The predicted molar refractivity (Wildman–Crippen MR) is 103 cm³/mol. The Hall–Kier alpha value is -2.49. The lowest BCUT2D eigenvalue weighted by Gasteiger charge is -2.20. The highest BCUT2D eigenvalue weighted by Crippen LogP contribution is 2.24. The number of benzene rings is 2. The fraction of sp³-hybridized carbons (Fsp3) is 0.381. The number of ether oxygens (including phenoxy) is 1. The van der Waals surface area contributed by atoms with E-state index in [1.165, 1.54) is 5.56 Å². The summed E-state index contributed by atoms with van der Waals surface area (Å²) in [5, 5.41) is 0. The molecule has 0 saturated heterocycles. The fourth-order valence-electron chi connectivity index (χ4n) is 2.57. The third-order valence-corrected chi connectivity index (χ3v) is 3.95. The van der Waals surface area contributed by atoms with Crippen molar-refractivity contribution < 1.29 is 9.53 Å². The third-order valence-electron chi connectivity index (χ3n) is 3.95. The fourth-order valence-corrected chi connectivity index (χ4v) is 2.57. The van der Waals surface area contributed by atoms with Gasteiger partial charge in [-0.25, -0.2) is 0 Å². The number of rotatable bonds is 5. The lowest BCUT2D eigenvalue weighted by molar-refractivity contribution is -0.126. The van der Waals surface area contributed by atoms with Gasteiger partial charge in [0.1, 0.15) is 5.75 Å². The van der Waals surface area contributed by atoms with E-state index in [2.05, 4.69) is 37.7 Å². The molecule has 0 fully saturated rings. The van der Waals surface area contributed by atoms with Crippen LogP contribution < -0.4 is 15.6 Å². The number of amides is 1. The second-order valence-corrected chi connectivity index (χ2v) is 7.53. The highest BCUT2D eigenvalue weighted by atomic mass is 16.5. The Morgan fingerprint density at radius 2 is 1.56 bits per heavy atom. The van der Waals surface area contributed by atoms with E-state index in [0.717, 1.165) is 16.8 Å². The largest absolute Gasteiger partial charge is 0.481 e. The maximum Gasteiger partial charge on any atom is 0.279 e. The molecule has 4 heteroatoms. The molecule has 134 valence electrons. The van der Waals surface area contributed by atoms with Crippen LogP contribution >= 0.6 is 0 Å². The highest BCUT2D eigenvalue weighted by Gasteiger charge is 2.16. The van der Waals surface area contributed by atoms with E-state index in [0.29, 0.717) is 5.75 Å². The molecule has 2 aromatic carbocycles. The molecule has 1 atom stereocenters. The lowest BCUT2D eigenvalue weighted by atomic mass is 9.87. The molecule has 0 aliphatic heterocycles. The van der Waals surface area contributed by atoms with Crippen molar-refractivity contribution in [1.82, 2.24) is 5.43 Å². The number of carbonyl (C=O) groups excluding carboxylic acids is 1. The highest BCUT2D eigenvalue weighted by molar-refractivity contribution is 5.82. The number of anilines is 1. The number of hydrogen-bond donors (Lipinski definition) is 2. The quantitative estimate of drug-likeness (QED) is 0.787. The summed E-state index contributed by atoms with van der Waals surface area (Å²) >= 11 is 0. The zero-order valence-corrected chi connectivity index (χ0v) is 15.9. The molecule has 0 aromatic heterocycles. The van der Waals surface area contributed by atoms with Crippen LogP contribution in [0.3, 0.4) is 0 Å². The average Bonchev–Trinajstić information content (AvgIpc) is 2.51. The second-order valence-electron chi connectivity index (χ2n) is 7.53. The molecule has 1 amide bonds. The van der Waals surface area contributed by atoms with Crippen molar-refractivity contribution in [1.29, 1.82) is 0 Å². The van der Waals surface area contributed by atoms with E-state index in [-0.39, 0.29) is 11.3 Å². The maximum absolute atomic E-state index is 12.2. The number of aryl methyl sites for hydroxylation is 2. The minimum absolute atomic E-state index is 0.0946. The summed E-state index contributed by atoms with van der Waals surface area (Å²) in [6.45, 7) is 12.3. The predicted octanol–water partition coefficient (Wildman–Crippen LogP) is 4.51. The van der Waals surface area contributed by atoms with E-state index < -0.39 is 6.10 Å². The molecule has 0 radical (unpaired) electrons. The standard InChI is InChI=1S/C21H28N2O2/c1-14-11-15(2)13-18(12-14)22-23-20(24)16(3)25-19-9-7-17(8-10-19)21(4,5)6/h7-13,16,22H,1-6H3,(H,23,24). The lowest BCUT2D eigenvalue weighted by Crippen LogP contribution is -2.39. The minimum atomic E-state index is -0.598. The summed E-state index contributed by atoms with van der Waals surface area (Å²) in [5.41, 5.74) is 10.1. The molecule has 25 heavy (non-hydrogen) atoms. The maximum atomic E-state index is 12.2. The third kappa shape index (κ3) is 5.52. The van der Waals surface area contributed by atoms with Crippen LogP contribution in [0.5, 0.6) is 5.75 Å². The summed E-state index contributed by atoms with van der Waals surface area (Å²) in [6.07, 6.45) is -0.598. The first kappa shape index (κ1) is 18.8. The Morgan fingerprint density at radius 3 is 2.08 bits per heavy atom. The van der Waals surface area contributed by atoms with Gasteiger partial charge in [-0.1, -0.05) is 39.0 Å². The van der Waals surface area contributed by atoms with Crippen molar-refractivity contribution in [2.45, 2.75) is 53.1 Å². The van der Waals surface area contributed by atoms with Crippen molar-refractivity contribution in [3.63, 3.8) is 0 Å². The van der Waals surface area contributed by atoms with Crippen molar-refractivity contribution in [3.8, 4) is 5.75 Å². The van der Waals surface area contributed by atoms with Crippen LogP contribution in [0.25, 0.3) is 0 Å². The zero-order valence-electron chi connectivity index (χ0n) is 15.9. The van der Waals surface area contributed by atoms with Crippen molar-refractivity contribution in [3.05, 3.63) is 59.2 Å². The summed E-state index contributed by atoms with van der Waals surface area (Å²) in [4.78, 5) is 12.2. The van der Waals surface area contributed by atoms with Crippen LogP contribution in [-0.4, -0.2) is 12.0 Å². The summed E-state index contributed by atoms with van der Waals surface area (Å²) < 4.78 is 5.73. The molecular formula is C21H28N2O2. The summed E-state index contributed by atoms with van der Waals surface area (Å²) in [5.74, 6) is 0.459. The van der Waals surface area contributed by atoms with Gasteiger partial charge in [0.2, 0.25) is 0 Å². The van der Waals surface area contributed by atoms with E-state index in [1.807, 2.05) is 50.2 Å². The molecule has 4 nitrogen and oxygen atoms in total. The number of nitrogens with one attached hydrogen (secondary N) is 2. The first-order chi connectivity index (χ1) is 11.6. The monoisotopic (exact) mass is 340 g/mol. The van der Waals surface area contributed by atoms with Crippen LogP contribution in [0.1, 0.15) is 44.4 Å². The summed E-state index contributed by atoms with van der Waals surface area (Å²) in [6, 6.07) is 13.9. The van der Waals surface area contributed by atoms with Crippen molar-refractivity contribution >= 4 is 11.6 Å². The first-order valence-electron chi connectivity index (χ1n) is 8.56. The molecule has 0 heterocycles. The van der Waals surface area contributed by atoms with Gasteiger partial charge in [0, 0.05) is 0 Å². The van der Waals surface area contributed by atoms with Crippen LogP contribution in [0, 0.1) is 13.8 Å². The van der Waals surface area contributed by atoms with Gasteiger partial charge in [0.15, 0.2) is 6.10 Å². The molecule has 0 aliphatic carbocycles. The van der Waals surface area contributed by atoms with Gasteiger partial charge in [-0.05, 0) is 67.1 Å². The average molecular weight is 340 g/mol. The zero-order chi connectivity index (χ0) is 18.6. The molecule has 0 bridgehead atoms. The molecule has 0 aliphatic rings. The summed E-state index contributed by atoms with van der Waals surface area (Å²) in [7, 11) is 0. The van der Waals surface area contributed by atoms with Gasteiger partial charge in [-0.2, -0.15) is 0 Å². The van der Waals surface area contributed by atoms with E-state index in [4.69, 9.17) is 4.74 Å². The number of hydrazine groups is 1. The molecule has 2 rings (SSSR count). The van der Waals surface area contributed by atoms with Gasteiger partial charge < -0.3 is 4.74 Å². The van der Waals surface area contributed by atoms with Gasteiger partial charge in [0.05, 0.1) is 5.69 Å². The molecular weight excluding hydrogens is 312 g/mol. The van der Waals surface area contributed by atoms with E-state index in [1.54, 1.807) is 6.92 Å². The topological polar surface area (TPSA) is 50.4 Å². The van der Waals surface area contributed by atoms with Crippen molar-refractivity contribution in [2.24, 2.45) is 0 Å². The second kappa shape index (κ2) is 7.60. The number of carbonyl (C=O) groups is 1. The van der Waals surface area contributed by atoms with Gasteiger partial charge in [0.25, 0.3) is 5.91 Å². The van der Waals surface area contributed by atoms with Gasteiger partial charge in [-0.3, -0.25) is 15.6 Å². The van der Waals surface area contributed by atoms with Crippen molar-refractivity contribution in [2.75, 3.05) is 5.43 Å². The van der Waals surface area contributed by atoms with E-state index >= 15 is 0 Å². The Bertz CT molecular complexity index is 710. The normalized spacial score (nSPS) is 12.4. The van der Waals surface area contributed by atoms with Crippen LogP contribution in [-0.2, 0) is 10.2 Å². The molecule has 0 saturated carbocycles. The molecule has 0 spiro atoms. The SMILES string of the molecule is Cc1cc(C)cc(NNC(=O)C(C)Oc2ccc(C(C)(C)C)cc2)c1. The van der Waals surface area contributed by atoms with Gasteiger partial charge >= 0.3 is 0 Å². The van der Waals surface area contributed by atoms with E-state index in [9.17, 15) is 4.79 Å². The molecule has 2 N–H and O–H groups in total. The van der Waals surface area contributed by atoms with Gasteiger partial charge in [-0.15, -0.1) is 0 Å². The molecule has 1 unspecified atom stereocenters. The van der Waals surface area contributed by atoms with Crippen LogP contribution in [0.15, 0.2) is 42.5 Å². The first-order valence-corrected chi connectivity index (χ1v) is 8.56. The minimum Gasteiger partial charge on any atom is -0.481 e. The number of hydrogen-bond acceptors (Lipinski definition) is 3. The Balaban J connectivity index is 1.91. The Labute approximate surface area is 150 Å². The smallest absolute Gasteiger partial charge is 0.279 e. The Kier molecular flexibility index (Phi) is 5.73. The molecule has 2 aromatic rings.